The van der Waals surface area contributed by atoms with E-state index in [-0.39, 0.29) is 6.10 Å². The zero-order valence-corrected chi connectivity index (χ0v) is 11.8. The lowest BCUT2D eigenvalue weighted by atomic mass is 10.0. The van der Waals surface area contributed by atoms with Crippen LogP contribution in [0.25, 0.3) is 0 Å². The van der Waals surface area contributed by atoms with Gasteiger partial charge in [0, 0.05) is 12.4 Å². The van der Waals surface area contributed by atoms with Crippen molar-refractivity contribution >= 4 is 0 Å². The van der Waals surface area contributed by atoms with Crippen LogP contribution in [-0.2, 0) is 12.8 Å². The van der Waals surface area contributed by atoms with Gasteiger partial charge in [0.1, 0.15) is 5.75 Å². The van der Waals surface area contributed by atoms with Crippen LogP contribution in [0, 0.1) is 0 Å². The summed E-state index contributed by atoms with van der Waals surface area (Å²) in [6.45, 7) is 0. The molecule has 0 spiro atoms. The maximum atomic E-state index is 10.0. The van der Waals surface area contributed by atoms with Gasteiger partial charge >= 0.3 is 0 Å². The van der Waals surface area contributed by atoms with E-state index in [1.165, 1.54) is 5.56 Å². The predicted octanol–water partition coefficient (Wildman–Crippen LogP) is 3.02. The molecule has 0 aliphatic rings. The number of nitrogens with zero attached hydrogens (tertiary/aromatic N) is 1. The Morgan fingerprint density at radius 1 is 1.05 bits per heavy atom. The molecule has 1 N–H and O–H groups in total. The van der Waals surface area contributed by atoms with Gasteiger partial charge in [-0.1, -0.05) is 12.1 Å². The van der Waals surface area contributed by atoms with Crippen molar-refractivity contribution in [1.29, 1.82) is 0 Å². The second kappa shape index (κ2) is 7.65. The normalized spacial score (nSPS) is 12.1. The lowest BCUT2D eigenvalue weighted by Gasteiger charge is -2.10. The maximum Gasteiger partial charge on any atom is 0.118 e. The Kier molecular flexibility index (Phi) is 5.56. The van der Waals surface area contributed by atoms with Gasteiger partial charge in [-0.3, -0.25) is 4.98 Å². The van der Waals surface area contributed by atoms with Crippen LogP contribution in [0.2, 0.25) is 0 Å². The summed E-state index contributed by atoms with van der Waals surface area (Å²) in [5.74, 6) is 0.881. The highest BCUT2D eigenvalue weighted by atomic mass is 16.5. The van der Waals surface area contributed by atoms with Crippen LogP contribution in [0.1, 0.15) is 24.0 Å². The number of benzene rings is 1. The Morgan fingerprint density at radius 3 is 2.40 bits per heavy atom. The molecule has 0 bridgehead atoms. The number of ether oxygens (including phenoxy) is 1. The summed E-state index contributed by atoms with van der Waals surface area (Å²) < 4.78 is 5.13. The van der Waals surface area contributed by atoms with Crippen LogP contribution < -0.4 is 4.74 Å². The molecule has 2 aromatic rings. The van der Waals surface area contributed by atoms with Gasteiger partial charge in [-0.05, 0) is 61.1 Å². The van der Waals surface area contributed by atoms with Crippen molar-refractivity contribution in [2.24, 2.45) is 0 Å². The lowest BCUT2D eigenvalue weighted by Crippen LogP contribution is -2.10. The minimum absolute atomic E-state index is 0.282. The number of aromatic nitrogens is 1. The zero-order valence-electron chi connectivity index (χ0n) is 11.8. The SMILES string of the molecule is COc1ccc(CCCC(O)Cc2ccncc2)cc1. The smallest absolute Gasteiger partial charge is 0.118 e. The summed E-state index contributed by atoms with van der Waals surface area (Å²) in [5.41, 5.74) is 2.42. The van der Waals surface area contributed by atoms with Crippen LogP contribution in [0.5, 0.6) is 5.75 Å². The number of pyridine rings is 1. The molecular weight excluding hydrogens is 250 g/mol. The van der Waals surface area contributed by atoms with Crippen LogP contribution >= 0.6 is 0 Å². The molecule has 1 atom stereocenters. The van der Waals surface area contributed by atoms with Crippen LogP contribution in [0.15, 0.2) is 48.8 Å². The second-order valence-corrected chi connectivity index (χ2v) is 4.95. The molecule has 106 valence electrons. The summed E-state index contributed by atoms with van der Waals surface area (Å²) in [7, 11) is 1.67. The topological polar surface area (TPSA) is 42.4 Å². The van der Waals surface area contributed by atoms with Crippen LogP contribution in [0.3, 0.4) is 0 Å². The molecule has 1 heterocycles. The predicted molar refractivity (Wildman–Crippen MR) is 79.9 cm³/mol. The van der Waals surface area contributed by atoms with Crippen molar-refractivity contribution in [2.75, 3.05) is 7.11 Å². The molecule has 3 heteroatoms. The number of aryl methyl sites for hydroxylation is 1. The summed E-state index contributed by atoms with van der Waals surface area (Å²) in [4.78, 5) is 3.98. The van der Waals surface area contributed by atoms with Crippen LogP contribution in [-0.4, -0.2) is 23.3 Å². The van der Waals surface area contributed by atoms with Gasteiger partial charge < -0.3 is 9.84 Å². The molecule has 2 rings (SSSR count). The third-order valence-electron chi connectivity index (χ3n) is 3.38. The number of aliphatic hydroxyl groups is 1. The van der Waals surface area contributed by atoms with E-state index in [1.807, 2.05) is 24.3 Å². The molecule has 0 fully saturated rings. The van der Waals surface area contributed by atoms with Gasteiger partial charge in [0.05, 0.1) is 13.2 Å². The highest BCUT2D eigenvalue weighted by Crippen LogP contribution is 2.14. The van der Waals surface area contributed by atoms with Crippen molar-refractivity contribution < 1.29 is 9.84 Å². The highest BCUT2D eigenvalue weighted by molar-refractivity contribution is 5.27. The standard InChI is InChI=1S/C17H21NO2/c1-20-17-7-5-14(6-8-17)3-2-4-16(19)13-15-9-11-18-12-10-15/h5-12,16,19H,2-4,13H2,1H3. The van der Waals surface area contributed by atoms with E-state index in [1.54, 1.807) is 19.5 Å². The van der Waals surface area contributed by atoms with Crippen LogP contribution in [0.4, 0.5) is 0 Å². The monoisotopic (exact) mass is 271 g/mol. The lowest BCUT2D eigenvalue weighted by molar-refractivity contribution is 0.162. The summed E-state index contributed by atoms with van der Waals surface area (Å²) in [6.07, 6.45) is 6.73. The average Bonchev–Trinajstić information content (AvgIpc) is 2.49. The fourth-order valence-electron chi connectivity index (χ4n) is 2.23. The molecule has 1 aromatic heterocycles. The molecule has 3 nitrogen and oxygen atoms in total. The highest BCUT2D eigenvalue weighted by Gasteiger charge is 2.05. The number of aliphatic hydroxyl groups excluding tert-OH is 1. The van der Waals surface area contributed by atoms with E-state index in [9.17, 15) is 5.11 Å². The molecule has 0 amide bonds. The first-order valence-corrected chi connectivity index (χ1v) is 6.98. The number of methoxy groups -OCH3 is 1. The Morgan fingerprint density at radius 2 is 1.75 bits per heavy atom. The molecule has 0 aliphatic carbocycles. The Bertz CT molecular complexity index is 496. The van der Waals surface area contributed by atoms with Gasteiger partial charge in [0.25, 0.3) is 0 Å². The van der Waals surface area contributed by atoms with Gasteiger partial charge in [-0.25, -0.2) is 0 Å². The van der Waals surface area contributed by atoms with E-state index in [0.29, 0.717) is 6.42 Å². The van der Waals surface area contributed by atoms with Crippen molar-refractivity contribution in [1.82, 2.24) is 4.98 Å². The van der Waals surface area contributed by atoms with E-state index < -0.39 is 0 Å². The van der Waals surface area contributed by atoms with Gasteiger partial charge in [-0.15, -0.1) is 0 Å². The van der Waals surface area contributed by atoms with Gasteiger partial charge in [0.2, 0.25) is 0 Å². The van der Waals surface area contributed by atoms with Gasteiger partial charge in [0.15, 0.2) is 0 Å². The average molecular weight is 271 g/mol. The molecule has 0 saturated carbocycles. The quantitative estimate of drug-likeness (QED) is 0.841. The van der Waals surface area contributed by atoms with Crippen molar-refractivity contribution in [3.8, 4) is 5.75 Å². The largest absolute Gasteiger partial charge is 0.497 e. The van der Waals surface area contributed by atoms with Crippen molar-refractivity contribution in [3.05, 3.63) is 59.9 Å². The molecule has 20 heavy (non-hydrogen) atoms. The first-order valence-electron chi connectivity index (χ1n) is 6.98. The van der Waals surface area contributed by atoms with E-state index >= 15 is 0 Å². The molecular formula is C17H21NO2. The first kappa shape index (κ1) is 14.5. The van der Waals surface area contributed by atoms with E-state index in [2.05, 4.69) is 17.1 Å². The van der Waals surface area contributed by atoms with Gasteiger partial charge in [-0.2, -0.15) is 0 Å². The molecule has 1 aromatic carbocycles. The molecule has 0 saturated heterocycles. The molecule has 0 aliphatic heterocycles. The third kappa shape index (κ3) is 4.67. The van der Waals surface area contributed by atoms with Crippen molar-refractivity contribution in [2.45, 2.75) is 31.8 Å². The summed E-state index contributed by atoms with van der Waals surface area (Å²) >= 11 is 0. The molecule has 0 radical (unpaired) electrons. The minimum atomic E-state index is -0.282. The molecule has 1 unspecified atom stereocenters. The Hall–Kier alpha value is -1.87. The Labute approximate surface area is 120 Å². The zero-order chi connectivity index (χ0) is 14.2. The number of hydrogen-bond acceptors (Lipinski definition) is 3. The number of rotatable bonds is 7. The minimum Gasteiger partial charge on any atom is -0.497 e. The second-order valence-electron chi connectivity index (χ2n) is 4.95. The van der Waals surface area contributed by atoms with Crippen molar-refractivity contribution in [3.63, 3.8) is 0 Å². The van der Waals surface area contributed by atoms with E-state index in [0.717, 1.165) is 30.6 Å². The fraction of sp³-hybridized carbons (Fsp3) is 0.353. The summed E-state index contributed by atoms with van der Waals surface area (Å²) in [6, 6.07) is 12.0. The third-order valence-corrected chi connectivity index (χ3v) is 3.38. The fourth-order valence-corrected chi connectivity index (χ4v) is 2.23. The Balaban J connectivity index is 1.72. The summed E-state index contributed by atoms with van der Waals surface area (Å²) in [5, 5.41) is 10.0. The van der Waals surface area contributed by atoms with E-state index in [4.69, 9.17) is 4.74 Å². The number of hydrogen-bond donors (Lipinski definition) is 1. The first-order chi connectivity index (χ1) is 9.78. The maximum absolute atomic E-state index is 10.0.